The van der Waals surface area contributed by atoms with E-state index >= 15 is 0 Å². The summed E-state index contributed by atoms with van der Waals surface area (Å²) >= 11 is 4.95. The van der Waals surface area contributed by atoms with Gasteiger partial charge in [-0.25, -0.2) is 18.7 Å². The molecule has 0 saturated heterocycles. The molecule has 0 radical (unpaired) electrons. The molecule has 0 atom stereocenters. The molecule has 88 valence electrons. The van der Waals surface area contributed by atoms with Crippen LogP contribution < -0.4 is 5.32 Å². The van der Waals surface area contributed by atoms with Gasteiger partial charge >= 0.3 is 0 Å². The fourth-order valence-corrected chi connectivity index (χ4v) is 1.71. The zero-order chi connectivity index (χ0) is 12.4. The molecule has 2 rings (SSSR count). The van der Waals surface area contributed by atoms with Gasteiger partial charge in [0.15, 0.2) is 0 Å². The fourth-order valence-electron chi connectivity index (χ4n) is 1.12. The molecular weight excluding hydrogens is 407 g/mol. The number of aromatic nitrogens is 2. The second kappa shape index (κ2) is 5.21. The molecule has 3 nitrogen and oxygen atoms in total. The Morgan fingerprint density at radius 2 is 1.76 bits per heavy atom. The summed E-state index contributed by atoms with van der Waals surface area (Å²) in [7, 11) is 0. The van der Waals surface area contributed by atoms with E-state index in [9.17, 15) is 8.78 Å². The van der Waals surface area contributed by atoms with Gasteiger partial charge in [-0.15, -0.1) is 0 Å². The number of hydrogen-bond acceptors (Lipinski definition) is 3. The highest BCUT2D eigenvalue weighted by molar-refractivity contribution is 14.1. The largest absolute Gasteiger partial charge is 0.322 e. The Hall–Kier alpha value is -0.830. The van der Waals surface area contributed by atoms with Crippen LogP contribution in [-0.4, -0.2) is 9.97 Å². The van der Waals surface area contributed by atoms with E-state index in [1.165, 1.54) is 0 Å². The van der Waals surface area contributed by atoms with Gasteiger partial charge in [-0.2, -0.15) is 0 Å². The smallest absolute Gasteiger partial charge is 0.227 e. The molecule has 1 aromatic carbocycles. The third-order valence-corrected chi connectivity index (χ3v) is 3.04. The maximum absolute atomic E-state index is 13.5. The lowest BCUT2D eigenvalue weighted by Crippen LogP contribution is -2.00. The first-order valence-corrected chi connectivity index (χ1v) is 6.32. The maximum Gasteiger partial charge on any atom is 0.227 e. The van der Waals surface area contributed by atoms with Crippen molar-refractivity contribution in [2.45, 2.75) is 0 Å². The Morgan fingerprint density at radius 1 is 1.12 bits per heavy atom. The van der Waals surface area contributed by atoms with Crippen LogP contribution in [0.2, 0.25) is 0 Å². The summed E-state index contributed by atoms with van der Waals surface area (Å²) in [5.41, 5.74) is -0.00749. The molecule has 0 aliphatic carbocycles. The van der Waals surface area contributed by atoms with Gasteiger partial charge in [0.25, 0.3) is 0 Å². The van der Waals surface area contributed by atoms with Crippen LogP contribution in [0.25, 0.3) is 0 Å². The van der Waals surface area contributed by atoms with Crippen molar-refractivity contribution in [3.63, 3.8) is 0 Å². The van der Waals surface area contributed by atoms with Gasteiger partial charge in [0.05, 0.1) is 10.2 Å². The average Bonchev–Trinajstić information content (AvgIpc) is 2.29. The molecule has 0 spiro atoms. The Balaban J connectivity index is 2.30. The van der Waals surface area contributed by atoms with Crippen LogP contribution in [0.15, 0.2) is 29.0 Å². The monoisotopic (exact) mass is 411 g/mol. The van der Waals surface area contributed by atoms with Gasteiger partial charge in [-0.1, -0.05) is 0 Å². The van der Waals surface area contributed by atoms with Gasteiger partial charge < -0.3 is 5.32 Å². The molecule has 2 aromatic rings. The van der Waals surface area contributed by atoms with Crippen molar-refractivity contribution in [1.82, 2.24) is 9.97 Å². The maximum atomic E-state index is 13.5. The molecule has 0 fully saturated rings. The normalized spacial score (nSPS) is 10.4. The molecule has 1 heterocycles. The molecule has 1 aromatic heterocycles. The van der Waals surface area contributed by atoms with E-state index in [4.69, 9.17) is 0 Å². The number of benzene rings is 1. The first kappa shape index (κ1) is 12.6. The molecule has 0 aliphatic heterocycles. The summed E-state index contributed by atoms with van der Waals surface area (Å²) < 4.78 is 27.6. The zero-order valence-electron chi connectivity index (χ0n) is 8.22. The standard InChI is InChI=1S/C10H5BrF2IN3/c11-6-1-8(13)9(2-7(6)12)17-10-15-3-5(14)4-16-10/h1-4H,(H,15,16,17). The van der Waals surface area contributed by atoms with Crippen LogP contribution in [0.5, 0.6) is 0 Å². The van der Waals surface area contributed by atoms with Crippen molar-refractivity contribution in [3.8, 4) is 0 Å². The third kappa shape index (κ3) is 3.09. The Labute approximate surface area is 118 Å². The van der Waals surface area contributed by atoms with Crippen LogP contribution in [0.4, 0.5) is 20.4 Å². The summed E-state index contributed by atoms with van der Waals surface area (Å²) in [5.74, 6) is -0.925. The van der Waals surface area contributed by atoms with E-state index in [0.29, 0.717) is 0 Å². The van der Waals surface area contributed by atoms with Crippen molar-refractivity contribution >= 4 is 50.2 Å². The van der Waals surface area contributed by atoms with E-state index in [-0.39, 0.29) is 16.1 Å². The number of nitrogens with one attached hydrogen (secondary N) is 1. The third-order valence-electron chi connectivity index (χ3n) is 1.88. The summed E-state index contributed by atoms with van der Waals surface area (Å²) in [6, 6.07) is 2.09. The molecule has 0 bridgehead atoms. The minimum absolute atomic E-state index is 0.00749. The Morgan fingerprint density at radius 3 is 2.41 bits per heavy atom. The molecule has 7 heteroatoms. The SMILES string of the molecule is Fc1cc(Nc2ncc(I)cn2)c(F)cc1Br. The van der Waals surface area contributed by atoms with E-state index in [1.807, 2.05) is 0 Å². The minimum atomic E-state index is -0.583. The van der Waals surface area contributed by atoms with Crippen LogP contribution >= 0.6 is 38.5 Å². The van der Waals surface area contributed by atoms with Crippen molar-refractivity contribution in [2.75, 3.05) is 5.32 Å². The van der Waals surface area contributed by atoms with E-state index in [1.54, 1.807) is 12.4 Å². The van der Waals surface area contributed by atoms with Gasteiger partial charge in [-0.3, -0.25) is 0 Å². The quantitative estimate of drug-likeness (QED) is 0.602. The summed E-state index contributed by atoms with van der Waals surface area (Å²) in [4.78, 5) is 7.87. The van der Waals surface area contributed by atoms with Crippen LogP contribution in [0, 0.1) is 15.2 Å². The Kier molecular flexibility index (Phi) is 3.87. The van der Waals surface area contributed by atoms with Crippen LogP contribution in [0.1, 0.15) is 0 Å². The summed E-state index contributed by atoms with van der Waals surface area (Å²) in [5, 5.41) is 2.61. The first-order chi connectivity index (χ1) is 8.06. The van der Waals surface area contributed by atoms with Gasteiger partial charge in [-0.05, 0) is 44.6 Å². The number of nitrogens with zero attached hydrogens (tertiary/aromatic N) is 2. The fraction of sp³-hybridized carbons (Fsp3) is 0. The number of anilines is 2. The predicted molar refractivity (Wildman–Crippen MR) is 72.1 cm³/mol. The molecular formula is C10H5BrF2IN3. The topological polar surface area (TPSA) is 37.8 Å². The average molecular weight is 412 g/mol. The second-order valence-corrected chi connectivity index (χ2v) is 5.20. The van der Waals surface area contributed by atoms with Crippen LogP contribution in [-0.2, 0) is 0 Å². The van der Waals surface area contributed by atoms with Gasteiger partial charge in [0.2, 0.25) is 5.95 Å². The lowest BCUT2D eigenvalue weighted by Gasteiger charge is -2.06. The zero-order valence-corrected chi connectivity index (χ0v) is 12.0. The molecule has 0 saturated carbocycles. The molecule has 0 unspecified atom stereocenters. The van der Waals surface area contributed by atoms with Crippen LogP contribution in [0.3, 0.4) is 0 Å². The number of rotatable bonds is 2. The number of hydrogen-bond donors (Lipinski definition) is 1. The summed E-state index contributed by atoms with van der Waals surface area (Å²) in [6.07, 6.45) is 3.14. The molecule has 0 amide bonds. The molecule has 0 aliphatic rings. The van der Waals surface area contributed by atoms with Crippen molar-refractivity contribution in [3.05, 3.63) is 44.2 Å². The molecule has 17 heavy (non-hydrogen) atoms. The van der Waals surface area contributed by atoms with E-state index in [0.717, 1.165) is 15.7 Å². The first-order valence-electron chi connectivity index (χ1n) is 4.45. The minimum Gasteiger partial charge on any atom is -0.322 e. The number of halogens is 4. The van der Waals surface area contributed by atoms with Gasteiger partial charge in [0.1, 0.15) is 11.6 Å². The summed E-state index contributed by atoms with van der Waals surface area (Å²) in [6.45, 7) is 0. The van der Waals surface area contributed by atoms with Crippen molar-refractivity contribution in [1.29, 1.82) is 0 Å². The highest BCUT2D eigenvalue weighted by atomic mass is 127. The van der Waals surface area contributed by atoms with Gasteiger partial charge in [0, 0.05) is 22.0 Å². The predicted octanol–water partition coefficient (Wildman–Crippen LogP) is 3.87. The highest BCUT2D eigenvalue weighted by Gasteiger charge is 2.09. The lowest BCUT2D eigenvalue weighted by atomic mass is 10.3. The molecule has 1 N–H and O–H groups in total. The van der Waals surface area contributed by atoms with Crippen molar-refractivity contribution in [2.24, 2.45) is 0 Å². The van der Waals surface area contributed by atoms with E-state index in [2.05, 4.69) is 53.8 Å². The van der Waals surface area contributed by atoms with Crippen molar-refractivity contribution < 1.29 is 8.78 Å². The second-order valence-electron chi connectivity index (χ2n) is 3.10. The lowest BCUT2D eigenvalue weighted by molar-refractivity contribution is 0.597. The highest BCUT2D eigenvalue weighted by Crippen LogP contribution is 2.24. The van der Waals surface area contributed by atoms with E-state index < -0.39 is 11.6 Å². The Bertz CT molecular complexity index is 548.